The molecule has 5 heteroatoms. The molecule has 0 amide bonds. The molecule has 1 heterocycles. The summed E-state index contributed by atoms with van der Waals surface area (Å²) in [4.78, 5) is 4.15. The van der Waals surface area contributed by atoms with E-state index in [1.165, 1.54) is 0 Å². The molecule has 0 fully saturated rings. The number of ether oxygens (including phenoxy) is 2. The van der Waals surface area contributed by atoms with Gasteiger partial charge in [0.1, 0.15) is 12.4 Å². The second-order valence-electron chi connectivity index (χ2n) is 4.16. The molecule has 102 valence electrons. The highest BCUT2D eigenvalue weighted by atomic mass is 16.5. The SMILES string of the molecule is COc1cc(CO)ccc1OCCn1ccnc1C. The fraction of sp³-hybridized carbons (Fsp3) is 0.357. The Morgan fingerprint density at radius 1 is 1.32 bits per heavy atom. The highest BCUT2D eigenvalue weighted by Crippen LogP contribution is 2.28. The minimum Gasteiger partial charge on any atom is -0.493 e. The lowest BCUT2D eigenvalue weighted by molar-refractivity contribution is 0.272. The van der Waals surface area contributed by atoms with Gasteiger partial charge in [-0.05, 0) is 24.6 Å². The molecule has 19 heavy (non-hydrogen) atoms. The summed E-state index contributed by atoms with van der Waals surface area (Å²) in [7, 11) is 1.59. The Labute approximate surface area is 112 Å². The van der Waals surface area contributed by atoms with Crippen molar-refractivity contribution < 1.29 is 14.6 Å². The van der Waals surface area contributed by atoms with Gasteiger partial charge < -0.3 is 19.1 Å². The summed E-state index contributed by atoms with van der Waals surface area (Å²) in [6.07, 6.45) is 3.69. The summed E-state index contributed by atoms with van der Waals surface area (Å²) in [6.45, 7) is 3.21. The van der Waals surface area contributed by atoms with E-state index in [2.05, 4.69) is 4.98 Å². The van der Waals surface area contributed by atoms with E-state index in [0.717, 1.165) is 17.9 Å². The number of aliphatic hydroxyl groups is 1. The molecule has 2 rings (SSSR count). The van der Waals surface area contributed by atoms with E-state index in [4.69, 9.17) is 14.6 Å². The number of nitrogens with zero attached hydrogens (tertiary/aromatic N) is 2. The van der Waals surface area contributed by atoms with E-state index >= 15 is 0 Å². The Balaban J connectivity index is 1.97. The van der Waals surface area contributed by atoms with Crippen molar-refractivity contribution in [2.75, 3.05) is 13.7 Å². The molecule has 0 unspecified atom stereocenters. The van der Waals surface area contributed by atoms with Crippen LogP contribution in [0.3, 0.4) is 0 Å². The second-order valence-corrected chi connectivity index (χ2v) is 4.16. The van der Waals surface area contributed by atoms with Gasteiger partial charge in [0.2, 0.25) is 0 Å². The topological polar surface area (TPSA) is 56.5 Å². The zero-order valence-corrected chi connectivity index (χ0v) is 11.2. The fourth-order valence-corrected chi connectivity index (χ4v) is 1.82. The molecule has 0 radical (unpaired) electrons. The van der Waals surface area contributed by atoms with Crippen LogP contribution in [0.2, 0.25) is 0 Å². The normalized spacial score (nSPS) is 10.5. The minimum absolute atomic E-state index is 0.00906. The maximum atomic E-state index is 9.07. The van der Waals surface area contributed by atoms with E-state index in [1.807, 2.05) is 29.8 Å². The molecule has 0 aliphatic carbocycles. The van der Waals surface area contributed by atoms with Gasteiger partial charge in [0.05, 0.1) is 20.3 Å². The Hall–Kier alpha value is -2.01. The third-order valence-electron chi connectivity index (χ3n) is 2.92. The molecule has 0 atom stereocenters. The maximum Gasteiger partial charge on any atom is 0.161 e. The van der Waals surface area contributed by atoms with Crippen molar-refractivity contribution in [1.82, 2.24) is 9.55 Å². The molecule has 0 spiro atoms. The van der Waals surface area contributed by atoms with Crippen molar-refractivity contribution >= 4 is 0 Å². The predicted octanol–water partition coefficient (Wildman–Crippen LogP) is 1.77. The molecular weight excluding hydrogens is 244 g/mol. The zero-order chi connectivity index (χ0) is 13.7. The Bertz CT molecular complexity index is 537. The average molecular weight is 262 g/mol. The summed E-state index contributed by atoms with van der Waals surface area (Å²) < 4.78 is 13.0. The Morgan fingerprint density at radius 3 is 2.79 bits per heavy atom. The number of benzene rings is 1. The van der Waals surface area contributed by atoms with Crippen LogP contribution in [0.4, 0.5) is 0 Å². The number of rotatable bonds is 6. The van der Waals surface area contributed by atoms with Crippen LogP contribution in [0, 0.1) is 6.92 Å². The van der Waals surface area contributed by atoms with Crippen molar-refractivity contribution in [1.29, 1.82) is 0 Å². The molecule has 1 aromatic carbocycles. The first kappa shape index (κ1) is 13.4. The lowest BCUT2D eigenvalue weighted by Crippen LogP contribution is -2.09. The smallest absolute Gasteiger partial charge is 0.161 e. The monoisotopic (exact) mass is 262 g/mol. The van der Waals surface area contributed by atoms with Gasteiger partial charge in [-0.2, -0.15) is 0 Å². The van der Waals surface area contributed by atoms with Gasteiger partial charge in [-0.25, -0.2) is 4.98 Å². The summed E-state index contributed by atoms with van der Waals surface area (Å²) >= 11 is 0. The highest BCUT2D eigenvalue weighted by molar-refractivity contribution is 5.42. The second kappa shape index (κ2) is 6.24. The first-order chi connectivity index (χ1) is 9.24. The summed E-state index contributed by atoms with van der Waals surface area (Å²) in [5.74, 6) is 2.28. The first-order valence-corrected chi connectivity index (χ1v) is 6.13. The zero-order valence-electron chi connectivity index (χ0n) is 11.2. The minimum atomic E-state index is -0.00906. The highest BCUT2D eigenvalue weighted by Gasteiger charge is 2.05. The number of aromatic nitrogens is 2. The number of aryl methyl sites for hydroxylation is 1. The van der Waals surface area contributed by atoms with Crippen LogP contribution in [0.15, 0.2) is 30.6 Å². The fourth-order valence-electron chi connectivity index (χ4n) is 1.82. The van der Waals surface area contributed by atoms with E-state index in [0.29, 0.717) is 18.1 Å². The molecule has 0 aliphatic heterocycles. The molecule has 0 saturated heterocycles. The molecule has 1 aromatic heterocycles. The van der Waals surface area contributed by atoms with Crippen LogP contribution in [0.5, 0.6) is 11.5 Å². The van der Waals surface area contributed by atoms with Crippen molar-refractivity contribution in [3.63, 3.8) is 0 Å². The third-order valence-corrected chi connectivity index (χ3v) is 2.92. The largest absolute Gasteiger partial charge is 0.493 e. The molecule has 1 N–H and O–H groups in total. The van der Waals surface area contributed by atoms with Crippen LogP contribution < -0.4 is 9.47 Å². The number of hydrogen-bond acceptors (Lipinski definition) is 4. The van der Waals surface area contributed by atoms with E-state index in [-0.39, 0.29) is 6.61 Å². The predicted molar refractivity (Wildman–Crippen MR) is 71.4 cm³/mol. The van der Waals surface area contributed by atoms with Gasteiger partial charge in [-0.15, -0.1) is 0 Å². The Kier molecular flexibility index (Phi) is 4.41. The summed E-state index contributed by atoms with van der Waals surface area (Å²) in [6, 6.07) is 5.41. The van der Waals surface area contributed by atoms with Crippen molar-refractivity contribution in [2.24, 2.45) is 0 Å². The standard InChI is InChI=1S/C14H18N2O3/c1-11-15-5-6-16(11)7-8-19-13-4-3-12(10-17)9-14(13)18-2/h3-6,9,17H,7-8,10H2,1-2H3. The quantitative estimate of drug-likeness (QED) is 0.862. The van der Waals surface area contributed by atoms with Gasteiger partial charge in [0.25, 0.3) is 0 Å². The Morgan fingerprint density at radius 2 is 2.16 bits per heavy atom. The maximum absolute atomic E-state index is 9.07. The van der Waals surface area contributed by atoms with Crippen LogP contribution in [-0.4, -0.2) is 28.4 Å². The lowest BCUT2D eigenvalue weighted by Gasteiger charge is -2.12. The van der Waals surface area contributed by atoms with E-state index in [1.54, 1.807) is 19.4 Å². The first-order valence-electron chi connectivity index (χ1n) is 6.13. The number of aliphatic hydroxyl groups excluding tert-OH is 1. The number of methoxy groups -OCH3 is 1. The number of hydrogen-bond donors (Lipinski definition) is 1. The van der Waals surface area contributed by atoms with Crippen molar-refractivity contribution in [3.05, 3.63) is 42.0 Å². The molecule has 0 saturated carbocycles. The molecule has 5 nitrogen and oxygen atoms in total. The van der Waals surface area contributed by atoms with Crippen molar-refractivity contribution in [2.45, 2.75) is 20.1 Å². The molecular formula is C14H18N2O3. The molecule has 2 aromatic rings. The van der Waals surface area contributed by atoms with Crippen LogP contribution in [0.1, 0.15) is 11.4 Å². The van der Waals surface area contributed by atoms with Gasteiger partial charge in [-0.1, -0.05) is 6.07 Å². The van der Waals surface area contributed by atoms with Gasteiger partial charge in [0, 0.05) is 12.4 Å². The molecule has 0 bridgehead atoms. The lowest BCUT2D eigenvalue weighted by atomic mass is 10.2. The molecule has 0 aliphatic rings. The van der Waals surface area contributed by atoms with Crippen LogP contribution in [-0.2, 0) is 13.2 Å². The van der Waals surface area contributed by atoms with Crippen molar-refractivity contribution in [3.8, 4) is 11.5 Å². The van der Waals surface area contributed by atoms with Gasteiger partial charge in [-0.3, -0.25) is 0 Å². The van der Waals surface area contributed by atoms with Gasteiger partial charge >= 0.3 is 0 Å². The average Bonchev–Trinajstić information content (AvgIpc) is 2.84. The van der Waals surface area contributed by atoms with Crippen LogP contribution >= 0.6 is 0 Å². The van der Waals surface area contributed by atoms with E-state index in [9.17, 15) is 0 Å². The van der Waals surface area contributed by atoms with Gasteiger partial charge in [0.15, 0.2) is 11.5 Å². The summed E-state index contributed by atoms with van der Waals surface area (Å²) in [5.41, 5.74) is 0.801. The van der Waals surface area contributed by atoms with E-state index < -0.39 is 0 Å². The third kappa shape index (κ3) is 3.26. The van der Waals surface area contributed by atoms with Crippen LogP contribution in [0.25, 0.3) is 0 Å². The summed E-state index contributed by atoms with van der Waals surface area (Å²) in [5, 5.41) is 9.07. The number of imidazole rings is 1.